The van der Waals surface area contributed by atoms with Gasteiger partial charge in [0, 0.05) is 6.04 Å². The Labute approximate surface area is 98.6 Å². The third-order valence-electron chi connectivity index (χ3n) is 4.24. The zero-order valence-corrected chi connectivity index (χ0v) is 10.7. The summed E-state index contributed by atoms with van der Waals surface area (Å²) in [6.45, 7) is 7.32. The molecule has 3 nitrogen and oxygen atoms in total. The molecule has 1 amide bonds. The highest BCUT2D eigenvalue weighted by Crippen LogP contribution is 2.33. The fraction of sp³-hybridized carbons (Fsp3) is 0.923. The summed E-state index contributed by atoms with van der Waals surface area (Å²) < 4.78 is 0. The Hall–Kier alpha value is -0.570. The second kappa shape index (κ2) is 4.74. The Balaban J connectivity index is 2.07. The summed E-state index contributed by atoms with van der Waals surface area (Å²) in [5.41, 5.74) is 0. The van der Waals surface area contributed by atoms with Gasteiger partial charge in [0.25, 0.3) is 0 Å². The molecule has 1 aliphatic heterocycles. The van der Waals surface area contributed by atoms with Crippen molar-refractivity contribution >= 4 is 5.91 Å². The maximum absolute atomic E-state index is 11.9. The quantitative estimate of drug-likeness (QED) is 0.778. The molecule has 1 N–H and O–H groups in total. The van der Waals surface area contributed by atoms with Crippen molar-refractivity contribution in [2.24, 2.45) is 11.8 Å². The smallest absolute Gasteiger partial charge is 0.238 e. The largest absolute Gasteiger partial charge is 0.323 e. The molecule has 1 aliphatic carbocycles. The summed E-state index contributed by atoms with van der Waals surface area (Å²) in [5.74, 6) is 1.79. The van der Waals surface area contributed by atoms with E-state index in [1.807, 2.05) is 0 Å². The third-order valence-corrected chi connectivity index (χ3v) is 4.24. The molecule has 0 aromatic rings. The Bertz CT molecular complexity index is 267. The summed E-state index contributed by atoms with van der Waals surface area (Å²) in [5, 5.41) is 3.31. The Morgan fingerprint density at radius 1 is 1.38 bits per heavy atom. The number of hydrogen-bond acceptors (Lipinski definition) is 2. The van der Waals surface area contributed by atoms with Crippen LogP contribution >= 0.6 is 0 Å². The predicted octanol–water partition coefficient (Wildman–Crippen LogP) is 1.98. The van der Waals surface area contributed by atoms with Crippen LogP contribution in [0, 0.1) is 11.8 Å². The van der Waals surface area contributed by atoms with Crippen LogP contribution in [0.4, 0.5) is 0 Å². The SMILES string of the molecule is CCC1NCC(=O)N1C1CCC(C)CC1C. The average Bonchev–Trinajstić information content (AvgIpc) is 2.60. The van der Waals surface area contributed by atoms with Crippen LogP contribution in [0.3, 0.4) is 0 Å². The van der Waals surface area contributed by atoms with Gasteiger partial charge in [0.2, 0.25) is 5.91 Å². The molecule has 1 saturated heterocycles. The van der Waals surface area contributed by atoms with Crippen molar-refractivity contribution in [1.29, 1.82) is 0 Å². The summed E-state index contributed by atoms with van der Waals surface area (Å²) >= 11 is 0. The van der Waals surface area contributed by atoms with E-state index in [9.17, 15) is 4.79 Å². The summed E-state index contributed by atoms with van der Waals surface area (Å²) in [6.07, 6.45) is 5.03. The molecule has 0 spiro atoms. The van der Waals surface area contributed by atoms with Crippen molar-refractivity contribution < 1.29 is 4.79 Å². The first-order valence-corrected chi connectivity index (χ1v) is 6.68. The van der Waals surface area contributed by atoms with Gasteiger partial charge in [-0.1, -0.05) is 20.8 Å². The van der Waals surface area contributed by atoms with Gasteiger partial charge in [-0.05, 0) is 37.5 Å². The average molecular weight is 224 g/mol. The van der Waals surface area contributed by atoms with Gasteiger partial charge in [0.1, 0.15) is 0 Å². The van der Waals surface area contributed by atoms with Crippen molar-refractivity contribution in [3.63, 3.8) is 0 Å². The molecule has 4 atom stereocenters. The maximum Gasteiger partial charge on any atom is 0.238 e. The number of nitrogens with zero attached hydrogens (tertiary/aromatic N) is 1. The van der Waals surface area contributed by atoms with E-state index in [1.165, 1.54) is 19.3 Å². The summed E-state index contributed by atoms with van der Waals surface area (Å²) in [7, 11) is 0. The van der Waals surface area contributed by atoms with Crippen LogP contribution in [0.15, 0.2) is 0 Å². The highest BCUT2D eigenvalue weighted by Gasteiger charge is 2.39. The van der Waals surface area contributed by atoms with Crippen LogP contribution in [0.2, 0.25) is 0 Å². The van der Waals surface area contributed by atoms with E-state index in [0.717, 1.165) is 12.3 Å². The molecule has 2 rings (SSSR count). The molecule has 92 valence electrons. The van der Waals surface area contributed by atoms with Crippen LogP contribution < -0.4 is 5.32 Å². The minimum Gasteiger partial charge on any atom is -0.323 e. The number of carbonyl (C=O) groups is 1. The first kappa shape index (κ1) is 11.9. The normalized spacial score (nSPS) is 40.4. The third kappa shape index (κ3) is 2.10. The van der Waals surface area contributed by atoms with Gasteiger partial charge in [0.15, 0.2) is 0 Å². The summed E-state index contributed by atoms with van der Waals surface area (Å²) in [6, 6.07) is 0.476. The fourth-order valence-electron chi connectivity index (χ4n) is 3.39. The highest BCUT2D eigenvalue weighted by molar-refractivity contribution is 5.81. The summed E-state index contributed by atoms with van der Waals surface area (Å²) in [4.78, 5) is 14.1. The molecule has 0 radical (unpaired) electrons. The number of carbonyl (C=O) groups excluding carboxylic acids is 1. The molecule has 0 aromatic heterocycles. The van der Waals surface area contributed by atoms with E-state index in [1.54, 1.807) is 0 Å². The standard InChI is InChI=1S/C13H24N2O/c1-4-12-14-8-13(16)15(12)11-6-5-9(2)7-10(11)3/h9-12,14H,4-8H2,1-3H3. The van der Waals surface area contributed by atoms with Crippen LogP contribution in [0.1, 0.15) is 46.5 Å². The van der Waals surface area contributed by atoms with Crippen molar-refractivity contribution in [2.45, 2.75) is 58.7 Å². The fourth-order valence-corrected chi connectivity index (χ4v) is 3.39. The molecule has 1 heterocycles. The minimum absolute atomic E-state index is 0.286. The van der Waals surface area contributed by atoms with E-state index < -0.39 is 0 Å². The molecule has 0 bridgehead atoms. The first-order valence-electron chi connectivity index (χ1n) is 6.68. The molecular weight excluding hydrogens is 200 g/mol. The lowest BCUT2D eigenvalue weighted by atomic mass is 9.79. The second-order valence-corrected chi connectivity index (χ2v) is 5.57. The number of amides is 1. The topological polar surface area (TPSA) is 32.3 Å². The minimum atomic E-state index is 0.286. The number of rotatable bonds is 2. The second-order valence-electron chi connectivity index (χ2n) is 5.57. The number of nitrogens with one attached hydrogen (secondary N) is 1. The molecule has 3 heteroatoms. The zero-order valence-electron chi connectivity index (χ0n) is 10.7. The van der Waals surface area contributed by atoms with Crippen LogP contribution in [0.25, 0.3) is 0 Å². The van der Waals surface area contributed by atoms with Crippen molar-refractivity contribution in [1.82, 2.24) is 10.2 Å². The van der Waals surface area contributed by atoms with Crippen molar-refractivity contribution in [2.75, 3.05) is 6.54 Å². The lowest BCUT2D eigenvalue weighted by molar-refractivity contribution is -0.132. The van der Waals surface area contributed by atoms with Gasteiger partial charge < -0.3 is 4.90 Å². The molecule has 2 aliphatic rings. The van der Waals surface area contributed by atoms with E-state index in [2.05, 4.69) is 31.0 Å². The predicted molar refractivity (Wildman–Crippen MR) is 64.9 cm³/mol. The van der Waals surface area contributed by atoms with Gasteiger partial charge in [-0.15, -0.1) is 0 Å². The van der Waals surface area contributed by atoms with E-state index in [4.69, 9.17) is 0 Å². The van der Waals surface area contributed by atoms with E-state index in [-0.39, 0.29) is 6.17 Å². The van der Waals surface area contributed by atoms with Crippen LogP contribution in [-0.2, 0) is 4.79 Å². The molecule has 2 fully saturated rings. The van der Waals surface area contributed by atoms with Crippen molar-refractivity contribution in [3.05, 3.63) is 0 Å². The van der Waals surface area contributed by atoms with Gasteiger partial charge in [-0.3, -0.25) is 10.1 Å². The highest BCUT2D eigenvalue weighted by atomic mass is 16.2. The van der Waals surface area contributed by atoms with Gasteiger partial charge in [-0.25, -0.2) is 0 Å². The lowest BCUT2D eigenvalue weighted by Gasteiger charge is -2.41. The Kier molecular flexibility index (Phi) is 3.53. The van der Waals surface area contributed by atoms with Crippen molar-refractivity contribution in [3.8, 4) is 0 Å². The maximum atomic E-state index is 11.9. The molecule has 0 aromatic carbocycles. The lowest BCUT2D eigenvalue weighted by Crippen LogP contribution is -2.49. The van der Waals surface area contributed by atoms with Crippen LogP contribution in [-0.4, -0.2) is 29.6 Å². The van der Waals surface area contributed by atoms with Crippen LogP contribution in [0.5, 0.6) is 0 Å². The van der Waals surface area contributed by atoms with Gasteiger partial charge >= 0.3 is 0 Å². The Morgan fingerprint density at radius 3 is 2.75 bits per heavy atom. The van der Waals surface area contributed by atoms with Gasteiger partial charge in [-0.2, -0.15) is 0 Å². The Morgan fingerprint density at radius 2 is 2.12 bits per heavy atom. The monoisotopic (exact) mass is 224 g/mol. The molecule has 4 unspecified atom stereocenters. The zero-order chi connectivity index (χ0) is 11.7. The molecular formula is C13H24N2O. The van der Waals surface area contributed by atoms with Gasteiger partial charge in [0.05, 0.1) is 12.7 Å². The number of hydrogen-bond donors (Lipinski definition) is 1. The molecule has 16 heavy (non-hydrogen) atoms. The molecule has 1 saturated carbocycles. The van der Waals surface area contributed by atoms with E-state index >= 15 is 0 Å². The first-order chi connectivity index (χ1) is 7.63. The van der Waals surface area contributed by atoms with E-state index in [0.29, 0.717) is 24.4 Å².